The number of pyridine rings is 1. The molecule has 2 heterocycles. The van der Waals surface area contributed by atoms with Gasteiger partial charge in [-0.25, -0.2) is 4.98 Å². The van der Waals surface area contributed by atoms with E-state index in [0.29, 0.717) is 12.5 Å². The second-order valence-electron chi connectivity index (χ2n) is 12.4. The number of nitrogens with zero attached hydrogens (tertiary/aromatic N) is 3. The van der Waals surface area contributed by atoms with Crippen LogP contribution in [-0.4, -0.2) is 55.6 Å². The Morgan fingerprint density at radius 2 is 1.69 bits per heavy atom. The van der Waals surface area contributed by atoms with Crippen LogP contribution in [0, 0.1) is 0 Å². The third-order valence-electron chi connectivity index (χ3n) is 8.45. The van der Waals surface area contributed by atoms with Crippen LogP contribution in [0.3, 0.4) is 0 Å². The van der Waals surface area contributed by atoms with E-state index in [1.165, 1.54) is 29.5 Å². The molecule has 2 aromatic rings. The maximum Gasteiger partial charge on any atom is 0.222 e. The zero-order valence-corrected chi connectivity index (χ0v) is 23.4. The number of carbonyl (C=O) groups excluding carboxylic acids is 1. The molecule has 0 radical (unpaired) electrons. The van der Waals surface area contributed by atoms with Crippen molar-refractivity contribution < 1.29 is 4.79 Å². The van der Waals surface area contributed by atoms with Gasteiger partial charge in [-0.05, 0) is 85.2 Å². The largest absolute Gasteiger partial charge is 0.356 e. The number of anilines is 1. The number of hydrogen-bond donors (Lipinski definition) is 1. The molecule has 196 valence electrons. The van der Waals surface area contributed by atoms with Crippen LogP contribution >= 0.6 is 0 Å². The number of aromatic nitrogens is 1. The van der Waals surface area contributed by atoms with Gasteiger partial charge in [0.05, 0.1) is 5.69 Å². The summed E-state index contributed by atoms with van der Waals surface area (Å²) >= 11 is 0. The first-order valence-corrected chi connectivity index (χ1v) is 13.9. The van der Waals surface area contributed by atoms with Crippen LogP contribution in [0.1, 0.15) is 83.8 Å². The predicted octanol–water partition coefficient (Wildman–Crippen LogP) is 5.91. The summed E-state index contributed by atoms with van der Waals surface area (Å²) in [7, 11) is 3.65. The molecule has 0 saturated carbocycles. The van der Waals surface area contributed by atoms with E-state index >= 15 is 0 Å². The number of rotatable bonds is 8. The molecule has 1 aromatic carbocycles. The highest BCUT2D eigenvalue weighted by Crippen LogP contribution is 2.46. The maximum atomic E-state index is 11.7. The van der Waals surface area contributed by atoms with E-state index in [-0.39, 0.29) is 16.7 Å². The molecular weight excluding hydrogens is 444 g/mol. The average molecular weight is 491 g/mol. The first-order valence-electron chi connectivity index (χ1n) is 13.9. The Morgan fingerprint density at radius 3 is 2.39 bits per heavy atom. The Balaban J connectivity index is 1.35. The van der Waals surface area contributed by atoms with Gasteiger partial charge >= 0.3 is 0 Å². The monoisotopic (exact) mass is 490 g/mol. The lowest BCUT2D eigenvalue weighted by Gasteiger charge is -2.42. The molecule has 5 nitrogen and oxygen atoms in total. The third kappa shape index (κ3) is 6.11. The summed E-state index contributed by atoms with van der Waals surface area (Å²) in [5.41, 5.74) is 5.72. The lowest BCUT2D eigenvalue weighted by atomic mass is 9.63. The van der Waals surface area contributed by atoms with Crippen molar-refractivity contribution in [3.05, 3.63) is 47.5 Å². The number of unbranched alkanes of at least 4 members (excludes halogenated alkanes) is 1. The number of benzene rings is 1. The Kier molecular flexibility index (Phi) is 8.09. The van der Waals surface area contributed by atoms with Crippen LogP contribution in [0.15, 0.2) is 36.4 Å². The normalized spacial score (nSPS) is 19.1. The van der Waals surface area contributed by atoms with Crippen molar-refractivity contribution in [1.82, 2.24) is 15.2 Å². The smallest absolute Gasteiger partial charge is 0.222 e. The van der Waals surface area contributed by atoms with Gasteiger partial charge in [-0.3, -0.25) is 4.79 Å². The Hall–Kier alpha value is -2.40. The SMILES string of the molecule is CN(C)C(=O)CCCCNC1CCN(c2cccc(-c3ccc4c(c3)C(C)(C)CCC4(C)C)n2)CC1. The van der Waals surface area contributed by atoms with Gasteiger partial charge in [-0.1, -0.05) is 45.9 Å². The van der Waals surface area contributed by atoms with Crippen LogP contribution in [-0.2, 0) is 15.6 Å². The average Bonchev–Trinajstić information content (AvgIpc) is 2.87. The fourth-order valence-electron chi connectivity index (χ4n) is 5.75. The van der Waals surface area contributed by atoms with E-state index in [0.717, 1.165) is 56.8 Å². The van der Waals surface area contributed by atoms with Crippen LogP contribution in [0.4, 0.5) is 5.82 Å². The third-order valence-corrected chi connectivity index (χ3v) is 8.45. The molecule has 1 aliphatic heterocycles. The molecule has 0 spiro atoms. The van der Waals surface area contributed by atoms with Crippen molar-refractivity contribution in [1.29, 1.82) is 0 Å². The van der Waals surface area contributed by atoms with Gasteiger partial charge in [0.15, 0.2) is 0 Å². The van der Waals surface area contributed by atoms with E-state index in [1.807, 2.05) is 14.1 Å². The van der Waals surface area contributed by atoms with Crippen molar-refractivity contribution in [2.75, 3.05) is 38.6 Å². The summed E-state index contributed by atoms with van der Waals surface area (Å²) in [5, 5.41) is 3.71. The highest BCUT2D eigenvalue weighted by atomic mass is 16.2. The van der Waals surface area contributed by atoms with Crippen molar-refractivity contribution in [3.8, 4) is 11.3 Å². The van der Waals surface area contributed by atoms with Crippen molar-refractivity contribution in [2.45, 2.75) is 89.5 Å². The summed E-state index contributed by atoms with van der Waals surface area (Å²) in [5.74, 6) is 1.31. The minimum Gasteiger partial charge on any atom is -0.356 e. The van der Waals surface area contributed by atoms with E-state index in [2.05, 4.69) is 74.3 Å². The first kappa shape index (κ1) is 26.7. The van der Waals surface area contributed by atoms with E-state index in [1.54, 1.807) is 4.90 Å². The lowest BCUT2D eigenvalue weighted by Crippen LogP contribution is -2.43. The van der Waals surface area contributed by atoms with Crippen LogP contribution in [0.5, 0.6) is 0 Å². The number of nitrogens with one attached hydrogen (secondary N) is 1. The van der Waals surface area contributed by atoms with Gasteiger partial charge in [0.25, 0.3) is 0 Å². The van der Waals surface area contributed by atoms with Crippen LogP contribution in [0.2, 0.25) is 0 Å². The highest BCUT2D eigenvalue weighted by molar-refractivity contribution is 5.75. The number of piperidine rings is 1. The number of amides is 1. The molecular formula is C31H46N4O. The van der Waals surface area contributed by atoms with E-state index in [4.69, 9.17) is 4.98 Å². The molecule has 0 bridgehead atoms. The van der Waals surface area contributed by atoms with Crippen LogP contribution in [0.25, 0.3) is 11.3 Å². The first-order chi connectivity index (χ1) is 17.1. The fourth-order valence-corrected chi connectivity index (χ4v) is 5.75. The minimum absolute atomic E-state index is 0.204. The fraction of sp³-hybridized carbons (Fsp3) is 0.613. The molecule has 4 rings (SSSR count). The molecule has 1 saturated heterocycles. The van der Waals surface area contributed by atoms with Crippen molar-refractivity contribution >= 4 is 11.7 Å². The van der Waals surface area contributed by atoms with E-state index < -0.39 is 0 Å². The summed E-state index contributed by atoms with van der Waals surface area (Å²) < 4.78 is 0. The number of carbonyl (C=O) groups is 1. The van der Waals surface area contributed by atoms with Gasteiger partial charge in [0.1, 0.15) is 5.82 Å². The van der Waals surface area contributed by atoms with Gasteiger partial charge in [-0.2, -0.15) is 0 Å². The highest BCUT2D eigenvalue weighted by Gasteiger charge is 2.37. The van der Waals surface area contributed by atoms with Gasteiger partial charge < -0.3 is 15.1 Å². The Bertz CT molecular complexity index is 1050. The number of fused-ring (bicyclic) bond motifs is 1. The Morgan fingerprint density at radius 1 is 1.00 bits per heavy atom. The molecule has 0 unspecified atom stereocenters. The second-order valence-corrected chi connectivity index (χ2v) is 12.4. The van der Waals surface area contributed by atoms with Crippen molar-refractivity contribution in [2.24, 2.45) is 0 Å². The van der Waals surface area contributed by atoms with Crippen molar-refractivity contribution in [3.63, 3.8) is 0 Å². The molecule has 0 atom stereocenters. The summed E-state index contributed by atoms with van der Waals surface area (Å²) in [6, 6.07) is 14.1. The van der Waals surface area contributed by atoms with Crippen LogP contribution < -0.4 is 10.2 Å². The second kappa shape index (κ2) is 10.9. The zero-order valence-electron chi connectivity index (χ0n) is 23.4. The predicted molar refractivity (Wildman–Crippen MR) is 151 cm³/mol. The molecule has 1 N–H and O–H groups in total. The molecule has 36 heavy (non-hydrogen) atoms. The molecule has 2 aliphatic rings. The maximum absolute atomic E-state index is 11.7. The van der Waals surface area contributed by atoms with Gasteiger partial charge in [0.2, 0.25) is 5.91 Å². The molecule has 1 aliphatic carbocycles. The van der Waals surface area contributed by atoms with E-state index in [9.17, 15) is 4.79 Å². The molecule has 5 heteroatoms. The molecule has 1 amide bonds. The lowest BCUT2D eigenvalue weighted by molar-refractivity contribution is -0.128. The standard InChI is InChI=1S/C31H46N4O/c1-30(2)17-18-31(3,4)26-22-23(13-14-25(26)30)27-10-9-11-28(33-27)35-20-15-24(16-21-35)32-19-8-7-12-29(36)34(5)6/h9-11,13-14,22,24,32H,7-8,12,15-21H2,1-6H3. The zero-order chi connectivity index (χ0) is 25.9. The molecule has 1 fully saturated rings. The summed E-state index contributed by atoms with van der Waals surface area (Å²) in [6.45, 7) is 12.6. The number of hydrogen-bond acceptors (Lipinski definition) is 4. The summed E-state index contributed by atoms with van der Waals surface area (Å²) in [6.07, 6.45) is 7.38. The minimum atomic E-state index is 0.204. The molecule has 1 aromatic heterocycles. The topological polar surface area (TPSA) is 48.5 Å². The van der Waals surface area contributed by atoms with Gasteiger partial charge in [-0.15, -0.1) is 0 Å². The Labute approximate surface area is 218 Å². The van der Waals surface area contributed by atoms with Gasteiger partial charge in [0, 0.05) is 45.2 Å². The summed E-state index contributed by atoms with van der Waals surface area (Å²) in [4.78, 5) is 20.9. The quantitative estimate of drug-likeness (QED) is 0.467.